The third-order valence-corrected chi connectivity index (χ3v) is 2.35. The van der Waals surface area contributed by atoms with E-state index in [1.165, 1.54) is 0 Å². The monoisotopic (exact) mass is 233 g/mol. The molecule has 0 saturated carbocycles. The first-order chi connectivity index (χ1) is 8.19. The molecule has 17 heavy (non-hydrogen) atoms. The van der Waals surface area contributed by atoms with Gasteiger partial charge in [0.15, 0.2) is 6.61 Å². The second-order valence-electron chi connectivity index (χ2n) is 3.82. The van der Waals surface area contributed by atoms with E-state index in [0.717, 1.165) is 16.9 Å². The summed E-state index contributed by atoms with van der Waals surface area (Å²) in [6, 6.07) is 5.89. The van der Waals surface area contributed by atoms with Crippen molar-refractivity contribution in [2.24, 2.45) is 5.73 Å². The van der Waals surface area contributed by atoms with Gasteiger partial charge in [0.1, 0.15) is 5.75 Å². The van der Waals surface area contributed by atoms with Gasteiger partial charge in [-0.3, -0.25) is 0 Å². The maximum Gasteiger partial charge on any atom is 0.253 e. The highest BCUT2D eigenvalue weighted by Crippen LogP contribution is 2.20. The summed E-state index contributed by atoms with van der Waals surface area (Å²) in [6.45, 7) is 4.47. The molecule has 5 nitrogen and oxygen atoms in total. The van der Waals surface area contributed by atoms with Crippen molar-refractivity contribution in [1.29, 1.82) is 0 Å². The van der Waals surface area contributed by atoms with Crippen LogP contribution in [0.25, 0.3) is 0 Å². The van der Waals surface area contributed by atoms with Crippen molar-refractivity contribution < 1.29 is 9.15 Å². The molecule has 0 amide bonds. The number of aromatic nitrogens is 2. The molecule has 0 aliphatic rings. The van der Waals surface area contributed by atoms with Gasteiger partial charge < -0.3 is 14.9 Å². The zero-order valence-electron chi connectivity index (χ0n) is 9.93. The van der Waals surface area contributed by atoms with E-state index in [4.69, 9.17) is 14.9 Å². The van der Waals surface area contributed by atoms with Crippen molar-refractivity contribution in [3.8, 4) is 5.75 Å². The van der Waals surface area contributed by atoms with Gasteiger partial charge in [0.05, 0.1) is 0 Å². The third-order valence-electron chi connectivity index (χ3n) is 2.35. The summed E-state index contributed by atoms with van der Waals surface area (Å²) >= 11 is 0. The van der Waals surface area contributed by atoms with Crippen LogP contribution in [-0.2, 0) is 13.2 Å². The van der Waals surface area contributed by atoms with Crippen LogP contribution in [0.4, 0.5) is 0 Å². The van der Waals surface area contributed by atoms with Crippen molar-refractivity contribution in [1.82, 2.24) is 10.2 Å². The second-order valence-corrected chi connectivity index (χ2v) is 3.82. The Balaban J connectivity index is 2.08. The summed E-state index contributed by atoms with van der Waals surface area (Å²) in [7, 11) is 0. The number of hydrogen-bond acceptors (Lipinski definition) is 5. The van der Waals surface area contributed by atoms with Gasteiger partial charge in [0.25, 0.3) is 5.89 Å². The smallest absolute Gasteiger partial charge is 0.253 e. The predicted molar refractivity (Wildman–Crippen MR) is 62.4 cm³/mol. The molecule has 1 heterocycles. The number of rotatable bonds is 4. The quantitative estimate of drug-likeness (QED) is 0.870. The highest BCUT2D eigenvalue weighted by Gasteiger charge is 2.06. The molecule has 1 aromatic carbocycles. The fraction of sp³-hybridized carbons (Fsp3) is 0.333. The lowest BCUT2D eigenvalue weighted by Crippen LogP contribution is -2.03. The maximum atomic E-state index is 5.66. The average Bonchev–Trinajstić information content (AvgIpc) is 2.73. The number of hydrogen-bond donors (Lipinski definition) is 1. The third kappa shape index (κ3) is 2.82. The van der Waals surface area contributed by atoms with Crippen molar-refractivity contribution in [3.05, 3.63) is 41.1 Å². The molecule has 2 N–H and O–H groups in total. The number of benzene rings is 1. The molecule has 1 aromatic heterocycles. The Labute approximate surface area is 99.6 Å². The topological polar surface area (TPSA) is 74.2 Å². The zero-order valence-corrected chi connectivity index (χ0v) is 9.93. The maximum absolute atomic E-state index is 5.66. The highest BCUT2D eigenvalue weighted by molar-refractivity contribution is 5.36. The van der Waals surface area contributed by atoms with E-state index < -0.39 is 0 Å². The summed E-state index contributed by atoms with van der Waals surface area (Å²) in [5.74, 6) is 1.76. The van der Waals surface area contributed by atoms with Gasteiger partial charge >= 0.3 is 0 Å². The van der Waals surface area contributed by atoms with Crippen LogP contribution in [0.3, 0.4) is 0 Å². The second kappa shape index (κ2) is 4.97. The van der Waals surface area contributed by atoms with Crippen LogP contribution in [0.5, 0.6) is 5.75 Å². The Bertz CT molecular complexity index is 508. The summed E-state index contributed by atoms with van der Waals surface area (Å²) in [4.78, 5) is 0. The molecule has 90 valence electrons. The van der Waals surface area contributed by atoms with Crippen LogP contribution in [0, 0.1) is 13.8 Å². The molecule has 2 aromatic rings. The van der Waals surface area contributed by atoms with E-state index in [0.29, 0.717) is 18.3 Å². The van der Waals surface area contributed by atoms with E-state index in [-0.39, 0.29) is 6.61 Å². The minimum Gasteiger partial charge on any atom is -0.483 e. The van der Waals surface area contributed by atoms with Crippen LogP contribution in [0.2, 0.25) is 0 Å². The molecule has 0 spiro atoms. The fourth-order valence-corrected chi connectivity index (χ4v) is 1.54. The highest BCUT2D eigenvalue weighted by atomic mass is 16.5. The molecule has 0 aliphatic heterocycles. The lowest BCUT2D eigenvalue weighted by atomic mass is 10.1. The Morgan fingerprint density at radius 3 is 2.76 bits per heavy atom. The standard InChI is InChI=1S/C12H15N3O2/c1-8-3-4-11(10(5-8)6-13)16-7-12-15-14-9(2)17-12/h3-5H,6-7,13H2,1-2H3. The molecule has 0 aliphatic carbocycles. The van der Waals surface area contributed by atoms with Gasteiger partial charge in [-0.15, -0.1) is 10.2 Å². The van der Waals surface area contributed by atoms with Crippen LogP contribution in [-0.4, -0.2) is 10.2 Å². The van der Waals surface area contributed by atoms with Crippen molar-refractivity contribution >= 4 is 0 Å². The Hall–Kier alpha value is -1.88. The van der Waals surface area contributed by atoms with Crippen molar-refractivity contribution in [3.63, 3.8) is 0 Å². The fourth-order valence-electron chi connectivity index (χ4n) is 1.54. The van der Waals surface area contributed by atoms with Crippen LogP contribution in [0.1, 0.15) is 22.9 Å². The summed E-state index contributed by atoms with van der Waals surface area (Å²) in [5, 5.41) is 7.60. The normalized spacial score (nSPS) is 10.5. The molecule has 0 fully saturated rings. The molecule has 0 bridgehead atoms. The molecule has 0 atom stereocenters. The minimum absolute atomic E-state index is 0.261. The van der Waals surface area contributed by atoms with E-state index >= 15 is 0 Å². The zero-order chi connectivity index (χ0) is 12.3. The summed E-state index contributed by atoms with van der Waals surface area (Å²) in [5.41, 5.74) is 7.79. The van der Waals surface area contributed by atoms with E-state index in [9.17, 15) is 0 Å². The molecular formula is C12H15N3O2. The SMILES string of the molecule is Cc1ccc(OCc2nnc(C)o2)c(CN)c1. The first-order valence-electron chi connectivity index (χ1n) is 5.40. The van der Waals surface area contributed by atoms with Crippen LogP contribution < -0.4 is 10.5 Å². The van der Waals surface area contributed by atoms with E-state index in [1.807, 2.05) is 25.1 Å². The van der Waals surface area contributed by atoms with Crippen molar-refractivity contribution in [2.45, 2.75) is 27.0 Å². The van der Waals surface area contributed by atoms with Crippen molar-refractivity contribution in [2.75, 3.05) is 0 Å². The summed E-state index contributed by atoms with van der Waals surface area (Å²) < 4.78 is 10.8. The predicted octanol–water partition coefficient (Wildman–Crippen LogP) is 1.72. The molecule has 0 radical (unpaired) electrons. The van der Waals surface area contributed by atoms with E-state index in [1.54, 1.807) is 6.92 Å². The molecule has 2 rings (SSSR count). The molecular weight excluding hydrogens is 218 g/mol. The van der Waals surface area contributed by atoms with Gasteiger partial charge in [0.2, 0.25) is 5.89 Å². The summed E-state index contributed by atoms with van der Waals surface area (Å²) in [6.07, 6.45) is 0. The van der Waals surface area contributed by atoms with Gasteiger partial charge in [0, 0.05) is 19.0 Å². The average molecular weight is 233 g/mol. The van der Waals surface area contributed by atoms with E-state index in [2.05, 4.69) is 10.2 Å². The first kappa shape index (κ1) is 11.6. The van der Waals surface area contributed by atoms with Crippen LogP contribution >= 0.6 is 0 Å². The lowest BCUT2D eigenvalue weighted by molar-refractivity contribution is 0.258. The number of nitrogens with two attached hydrogens (primary N) is 1. The Morgan fingerprint density at radius 1 is 1.29 bits per heavy atom. The Morgan fingerprint density at radius 2 is 2.12 bits per heavy atom. The largest absolute Gasteiger partial charge is 0.483 e. The lowest BCUT2D eigenvalue weighted by Gasteiger charge is -2.09. The van der Waals surface area contributed by atoms with Gasteiger partial charge in [-0.25, -0.2) is 0 Å². The number of nitrogens with zero attached hydrogens (tertiary/aromatic N) is 2. The Kier molecular flexibility index (Phi) is 3.39. The van der Waals surface area contributed by atoms with Gasteiger partial charge in [-0.2, -0.15) is 0 Å². The van der Waals surface area contributed by atoms with Gasteiger partial charge in [-0.05, 0) is 13.0 Å². The number of ether oxygens (including phenoxy) is 1. The number of aryl methyl sites for hydroxylation is 2. The molecule has 0 unspecified atom stereocenters. The molecule has 5 heteroatoms. The molecule has 0 saturated heterocycles. The minimum atomic E-state index is 0.261. The first-order valence-corrected chi connectivity index (χ1v) is 5.40. The van der Waals surface area contributed by atoms with Crippen LogP contribution in [0.15, 0.2) is 22.6 Å². The van der Waals surface area contributed by atoms with Gasteiger partial charge in [-0.1, -0.05) is 17.7 Å².